The number of hydrogen-bond acceptors (Lipinski definition) is 0. The van der Waals surface area contributed by atoms with Gasteiger partial charge in [-0.05, 0) is 0 Å². The molecular formula is C14H28Sn. The van der Waals surface area contributed by atoms with Crippen LogP contribution in [0.15, 0.2) is 9.67 Å². The van der Waals surface area contributed by atoms with Crippen molar-refractivity contribution < 1.29 is 0 Å². The maximum absolute atomic E-state index is 2.70. The molecule has 1 fully saturated rings. The molecule has 0 aromatic rings. The second-order valence-electron chi connectivity index (χ2n) is 7.31. The van der Waals surface area contributed by atoms with E-state index in [4.69, 9.17) is 0 Å². The first-order valence-corrected chi connectivity index (χ1v) is 16.6. The minimum atomic E-state index is -1.66. The molecule has 0 nitrogen and oxygen atoms in total. The van der Waals surface area contributed by atoms with Crippen molar-refractivity contribution in [2.45, 2.75) is 61.3 Å². The second kappa shape index (κ2) is 4.81. The van der Waals surface area contributed by atoms with E-state index in [9.17, 15) is 0 Å². The first-order valence-electron chi connectivity index (χ1n) is 6.39. The van der Waals surface area contributed by atoms with E-state index >= 15 is 0 Å². The summed E-state index contributed by atoms with van der Waals surface area (Å²) in [6.45, 7) is 7.19. The molecule has 88 valence electrons. The molecule has 1 aliphatic rings. The van der Waals surface area contributed by atoms with Gasteiger partial charge in [-0.25, -0.2) is 0 Å². The summed E-state index contributed by atoms with van der Waals surface area (Å²) in [7, 11) is 0. The third kappa shape index (κ3) is 4.93. The molecule has 0 radical (unpaired) electrons. The van der Waals surface area contributed by atoms with E-state index in [1.54, 1.807) is 5.57 Å². The SMILES string of the molecule is CC(C)(C)C1CCC(=[CH][Sn]([CH3])([CH3])[CH3])CC1. The third-order valence-corrected chi connectivity index (χ3v) is 7.13. The Hall–Kier alpha value is 0.539. The summed E-state index contributed by atoms with van der Waals surface area (Å²) >= 11 is -1.66. The van der Waals surface area contributed by atoms with E-state index < -0.39 is 18.4 Å². The van der Waals surface area contributed by atoms with Crippen LogP contribution < -0.4 is 0 Å². The van der Waals surface area contributed by atoms with Gasteiger partial charge in [0, 0.05) is 0 Å². The summed E-state index contributed by atoms with van der Waals surface area (Å²) in [5.41, 5.74) is 2.31. The van der Waals surface area contributed by atoms with Crippen LogP contribution in [0.25, 0.3) is 0 Å². The summed E-state index contributed by atoms with van der Waals surface area (Å²) < 4.78 is 2.70. The Morgan fingerprint density at radius 3 is 1.87 bits per heavy atom. The van der Waals surface area contributed by atoms with Crippen LogP contribution in [0.3, 0.4) is 0 Å². The maximum atomic E-state index is 2.70. The molecule has 0 unspecified atom stereocenters. The molecule has 0 spiro atoms. The van der Waals surface area contributed by atoms with Gasteiger partial charge in [0.2, 0.25) is 0 Å². The number of hydrogen-bond donors (Lipinski definition) is 0. The predicted molar refractivity (Wildman–Crippen MR) is 72.8 cm³/mol. The molecule has 0 atom stereocenters. The quantitative estimate of drug-likeness (QED) is 0.596. The summed E-state index contributed by atoms with van der Waals surface area (Å²) in [5, 5.41) is 0. The van der Waals surface area contributed by atoms with Crippen molar-refractivity contribution >= 4 is 18.4 Å². The van der Waals surface area contributed by atoms with Crippen LogP contribution in [-0.2, 0) is 0 Å². The van der Waals surface area contributed by atoms with Crippen molar-refractivity contribution in [2.75, 3.05) is 0 Å². The van der Waals surface area contributed by atoms with Gasteiger partial charge in [-0.2, -0.15) is 0 Å². The van der Waals surface area contributed by atoms with Gasteiger partial charge in [-0.3, -0.25) is 0 Å². The minimum absolute atomic E-state index is 0.524. The molecule has 0 aromatic heterocycles. The van der Waals surface area contributed by atoms with Crippen molar-refractivity contribution in [1.82, 2.24) is 0 Å². The zero-order chi connectivity index (χ0) is 11.7. The van der Waals surface area contributed by atoms with Gasteiger partial charge < -0.3 is 0 Å². The Kier molecular flexibility index (Phi) is 4.36. The van der Waals surface area contributed by atoms with Crippen LogP contribution in [0, 0.1) is 11.3 Å². The Labute approximate surface area is 100 Å². The molecule has 0 aromatic carbocycles. The van der Waals surface area contributed by atoms with Crippen molar-refractivity contribution in [2.24, 2.45) is 11.3 Å². The molecule has 1 aliphatic carbocycles. The Balaban J connectivity index is 2.54. The second-order valence-corrected chi connectivity index (χ2v) is 21.6. The fraction of sp³-hybridized carbons (Fsp3) is 0.857. The fourth-order valence-corrected chi connectivity index (χ4v) is 6.93. The van der Waals surface area contributed by atoms with E-state index in [0.717, 1.165) is 5.92 Å². The molecule has 0 aliphatic heterocycles. The van der Waals surface area contributed by atoms with E-state index in [1.165, 1.54) is 25.7 Å². The van der Waals surface area contributed by atoms with Crippen molar-refractivity contribution in [3.8, 4) is 0 Å². The molecular weight excluding hydrogens is 287 g/mol. The van der Waals surface area contributed by atoms with Gasteiger partial charge in [0.25, 0.3) is 0 Å². The van der Waals surface area contributed by atoms with Crippen molar-refractivity contribution in [1.29, 1.82) is 0 Å². The Bertz CT molecular complexity index is 227. The van der Waals surface area contributed by atoms with Gasteiger partial charge in [0.15, 0.2) is 0 Å². The number of rotatable bonds is 1. The summed E-state index contributed by atoms with van der Waals surface area (Å²) in [6, 6.07) is 0. The van der Waals surface area contributed by atoms with Gasteiger partial charge in [0.05, 0.1) is 0 Å². The van der Waals surface area contributed by atoms with Crippen LogP contribution in [0.4, 0.5) is 0 Å². The average molecular weight is 315 g/mol. The van der Waals surface area contributed by atoms with E-state index in [0.29, 0.717) is 5.41 Å². The summed E-state index contributed by atoms with van der Waals surface area (Å²) in [6.07, 6.45) is 5.63. The van der Waals surface area contributed by atoms with Crippen molar-refractivity contribution in [3.63, 3.8) is 0 Å². The van der Waals surface area contributed by atoms with Gasteiger partial charge in [0.1, 0.15) is 0 Å². The van der Waals surface area contributed by atoms with Gasteiger partial charge in [-0.15, -0.1) is 0 Å². The monoisotopic (exact) mass is 316 g/mol. The molecule has 15 heavy (non-hydrogen) atoms. The van der Waals surface area contributed by atoms with E-state index in [2.05, 4.69) is 39.7 Å². The topological polar surface area (TPSA) is 0 Å². The van der Waals surface area contributed by atoms with Crippen molar-refractivity contribution in [3.05, 3.63) is 9.67 Å². The first-order chi connectivity index (χ1) is 6.68. The average Bonchev–Trinajstić information content (AvgIpc) is 2.00. The van der Waals surface area contributed by atoms with Gasteiger partial charge in [-0.1, -0.05) is 0 Å². The molecule has 1 rings (SSSR count). The summed E-state index contributed by atoms with van der Waals surface area (Å²) in [4.78, 5) is 7.53. The molecule has 0 amide bonds. The molecule has 0 saturated heterocycles. The predicted octanol–water partition coefficient (Wildman–Crippen LogP) is 5.03. The standard InChI is InChI=1S/C11H19.3CH3.Sn/c1-9-5-7-10(8-6-9)11(2,3)4;;;;/h1,10H,5-8H2,2-4H3;3*1H3;. The molecule has 0 bridgehead atoms. The number of allylic oxidation sites excluding steroid dienone is 1. The van der Waals surface area contributed by atoms with E-state index in [1.807, 2.05) is 0 Å². The molecule has 0 N–H and O–H groups in total. The first kappa shape index (κ1) is 13.6. The van der Waals surface area contributed by atoms with Crippen LogP contribution >= 0.6 is 0 Å². The zero-order valence-corrected chi connectivity index (χ0v) is 14.3. The van der Waals surface area contributed by atoms with Gasteiger partial charge >= 0.3 is 101 Å². The molecule has 1 heteroatoms. The summed E-state index contributed by atoms with van der Waals surface area (Å²) in [5.74, 6) is 0.949. The fourth-order valence-electron chi connectivity index (χ4n) is 2.61. The Morgan fingerprint density at radius 1 is 1.07 bits per heavy atom. The molecule has 0 heterocycles. The van der Waals surface area contributed by atoms with E-state index in [-0.39, 0.29) is 0 Å². The molecule has 1 saturated carbocycles. The van der Waals surface area contributed by atoms with Crippen LogP contribution in [-0.4, -0.2) is 18.4 Å². The van der Waals surface area contributed by atoms with Crippen LogP contribution in [0.5, 0.6) is 0 Å². The van der Waals surface area contributed by atoms with Crippen LogP contribution in [0.1, 0.15) is 46.5 Å². The third-order valence-electron chi connectivity index (χ3n) is 3.49. The normalized spacial score (nSPS) is 24.1. The zero-order valence-electron chi connectivity index (χ0n) is 11.5. The Morgan fingerprint density at radius 2 is 1.53 bits per heavy atom. The van der Waals surface area contributed by atoms with Crippen LogP contribution in [0.2, 0.25) is 14.8 Å².